The molecule has 31 heavy (non-hydrogen) atoms. The number of hydrogen-bond donors (Lipinski definition) is 2. The number of carbonyl (C=O) groups is 1. The smallest absolute Gasteiger partial charge is 0.227 e. The molecule has 2 fully saturated rings. The largest absolute Gasteiger partial charge is 0.373 e. The molecule has 6 heteroatoms. The zero-order valence-electron chi connectivity index (χ0n) is 18.2. The topological polar surface area (TPSA) is 66.0 Å². The third-order valence-corrected chi connectivity index (χ3v) is 6.11. The molecular weight excluding hydrogens is 388 g/mol. The van der Waals surface area contributed by atoms with Crippen molar-refractivity contribution >= 4 is 17.6 Å². The van der Waals surface area contributed by atoms with Crippen LogP contribution >= 0.6 is 0 Å². The number of anilines is 1. The lowest BCUT2D eigenvalue weighted by atomic mass is 9.89. The summed E-state index contributed by atoms with van der Waals surface area (Å²) in [4.78, 5) is 18.2. The first-order chi connectivity index (χ1) is 15.2. The van der Waals surface area contributed by atoms with Crippen LogP contribution in [0.25, 0.3) is 0 Å². The maximum absolute atomic E-state index is 11.9. The molecule has 0 spiro atoms. The van der Waals surface area contributed by atoms with Crippen molar-refractivity contribution in [1.82, 2.24) is 10.6 Å². The van der Waals surface area contributed by atoms with Crippen LogP contribution in [0.3, 0.4) is 0 Å². The van der Waals surface area contributed by atoms with E-state index in [0.717, 1.165) is 56.2 Å². The van der Waals surface area contributed by atoms with E-state index in [1.165, 1.54) is 5.56 Å². The Bertz CT molecular complexity index is 882. The number of nitrogens with one attached hydrogen (secondary N) is 2. The van der Waals surface area contributed by atoms with E-state index in [1.54, 1.807) is 7.05 Å². The minimum atomic E-state index is 0.126. The molecule has 2 atom stereocenters. The van der Waals surface area contributed by atoms with Gasteiger partial charge in [0.25, 0.3) is 0 Å². The van der Waals surface area contributed by atoms with E-state index in [4.69, 9.17) is 4.74 Å². The molecule has 2 saturated heterocycles. The number of carbonyl (C=O) groups excluding carboxylic acids is 1. The summed E-state index contributed by atoms with van der Waals surface area (Å²) in [5.41, 5.74) is 3.38. The number of hydrogen-bond acceptors (Lipinski definition) is 3. The molecule has 1 amide bonds. The summed E-state index contributed by atoms with van der Waals surface area (Å²) in [6.45, 7) is 3.14. The summed E-state index contributed by atoms with van der Waals surface area (Å²) in [7, 11) is 1.80. The van der Waals surface area contributed by atoms with E-state index in [1.807, 2.05) is 23.1 Å². The molecule has 164 valence electrons. The SMILES string of the molecule is CN=C(NCc1ccc(N2CCCC2=O)cc1)NCC1CCCOC1c1ccccc1. The van der Waals surface area contributed by atoms with Crippen molar-refractivity contribution in [3.8, 4) is 0 Å². The first-order valence-electron chi connectivity index (χ1n) is 11.2. The van der Waals surface area contributed by atoms with Gasteiger partial charge in [0.15, 0.2) is 5.96 Å². The van der Waals surface area contributed by atoms with Gasteiger partial charge in [-0.15, -0.1) is 0 Å². The fourth-order valence-corrected chi connectivity index (χ4v) is 4.41. The predicted molar refractivity (Wildman–Crippen MR) is 124 cm³/mol. The number of nitrogens with zero attached hydrogens (tertiary/aromatic N) is 2. The molecule has 2 unspecified atom stereocenters. The van der Waals surface area contributed by atoms with Crippen LogP contribution in [0.15, 0.2) is 59.6 Å². The average Bonchev–Trinajstić information content (AvgIpc) is 3.26. The van der Waals surface area contributed by atoms with Gasteiger partial charge in [0.2, 0.25) is 5.91 Å². The normalized spacial score (nSPS) is 21.9. The Balaban J connectivity index is 1.29. The number of benzene rings is 2. The van der Waals surface area contributed by atoms with Crippen LogP contribution in [0, 0.1) is 5.92 Å². The van der Waals surface area contributed by atoms with Crippen molar-refractivity contribution in [3.63, 3.8) is 0 Å². The molecule has 0 aromatic heterocycles. The molecule has 2 aromatic carbocycles. The molecule has 0 saturated carbocycles. The highest BCUT2D eigenvalue weighted by Crippen LogP contribution is 2.33. The molecule has 4 rings (SSSR count). The van der Waals surface area contributed by atoms with Crippen LogP contribution in [0.4, 0.5) is 5.69 Å². The monoisotopic (exact) mass is 420 g/mol. The molecule has 2 aliphatic rings. The summed E-state index contributed by atoms with van der Waals surface area (Å²) < 4.78 is 6.10. The van der Waals surface area contributed by atoms with Gasteiger partial charge in [0, 0.05) is 51.3 Å². The minimum absolute atomic E-state index is 0.126. The van der Waals surface area contributed by atoms with Gasteiger partial charge < -0.3 is 20.3 Å². The van der Waals surface area contributed by atoms with Crippen molar-refractivity contribution in [3.05, 3.63) is 65.7 Å². The van der Waals surface area contributed by atoms with Crippen molar-refractivity contribution in [2.45, 2.75) is 38.3 Å². The van der Waals surface area contributed by atoms with Gasteiger partial charge in [-0.25, -0.2) is 0 Å². The summed E-state index contributed by atoms with van der Waals surface area (Å²) in [5.74, 6) is 1.42. The Morgan fingerprint density at radius 3 is 2.61 bits per heavy atom. The van der Waals surface area contributed by atoms with Crippen LogP contribution in [-0.2, 0) is 16.1 Å². The molecule has 0 aliphatic carbocycles. The van der Waals surface area contributed by atoms with Crippen LogP contribution in [0.1, 0.15) is 42.9 Å². The average molecular weight is 421 g/mol. The summed E-state index contributed by atoms with van der Waals surface area (Å²) in [5, 5.41) is 6.87. The lowest BCUT2D eigenvalue weighted by Crippen LogP contribution is -2.41. The Hall–Kier alpha value is -2.86. The first kappa shape index (κ1) is 21.4. The second-order valence-corrected chi connectivity index (χ2v) is 8.23. The lowest BCUT2D eigenvalue weighted by molar-refractivity contribution is -0.117. The third-order valence-electron chi connectivity index (χ3n) is 6.11. The Morgan fingerprint density at radius 1 is 1.10 bits per heavy atom. The summed E-state index contributed by atoms with van der Waals surface area (Å²) in [6.07, 6.45) is 3.96. The van der Waals surface area contributed by atoms with Crippen molar-refractivity contribution in [1.29, 1.82) is 0 Å². The van der Waals surface area contributed by atoms with Crippen molar-refractivity contribution in [2.75, 3.05) is 31.6 Å². The highest BCUT2D eigenvalue weighted by Gasteiger charge is 2.27. The van der Waals surface area contributed by atoms with E-state index in [2.05, 4.69) is 52.0 Å². The van der Waals surface area contributed by atoms with Crippen molar-refractivity contribution < 1.29 is 9.53 Å². The first-order valence-corrected chi connectivity index (χ1v) is 11.2. The fourth-order valence-electron chi connectivity index (χ4n) is 4.41. The molecular formula is C25H32N4O2. The van der Waals surface area contributed by atoms with Gasteiger partial charge >= 0.3 is 0 Å². The molecule has 6 nitrogen and oxygen atoms in total. The summed E-state index contributed by atoms with van der Waals surface area (Å²) in [6, 6.07) is 18.7. The number of amides is 1. The quantitative estimate of drug-likeness (QED) is 0.553. The van der Waals surface area contributed by atoms with E-state index >= 15 is 0 Å². The van der Waals surface area contributed by atoms with Gasteiger partial charge in [0.1, 0.15) is 0 Å². The highest BCUT2D eigenvalue weighted by molar-refractivity contribution is 5.95. The Labute approximate surface area is 184 Å². The second-order valence-electron chi connectivity index (χ2n) is 8.23. The van der Waals surface area contributed by atoms with Gasteiger partial charge in [-0.2, -0.15) is 0 Å². The molecule has 0 radical (unpaired) electrons. The van der Waals surface area contributed by atoms with Gasteiger partial charge in [-0.3, -0.25) is 9.79 Å². The highest BCUT2D eigenvalue weighted by atomic mass is 16.5. The maximum Gasteiger partial charge on any atom is 0.227 e. The number of guanidine groups is 1. The predicted octanol–water partition coefficient (Wildman–Crippen LogP) is 3.65. The van der Waals surface area contributed by atoms with Crippen LogP contribution in [0.5, 0.6) is 0 Å². The van der Waals surface area contributed by atoms with E-state index < -0.39 is 0 Å². The zero-order valence-corrected chi connectivity index (χ0v) is 18.2. The lowest BCUT2D eigenvalue weighted by Gasteiger charge is -2.32. The van der Waals surface area contributed by atoms with Crippen LogP contribution in [-0.4, -0.2) is 38.6 Å². The fraction of sp³-hybridized carbons (Fsp3) is 0.440. The van der Waals surface area contributed by atoms with Crippen LogP contribution in [0.2, 0.25) is 0 Å². The summed E-state index contributed by atoms with van der Waals surface area (Å²) >= 11 is 0. The number of rotatable bonds is 6. The zero-order chi connectivity index (χ0) is 21.5. The minimum Gasteiger partial charge on any atom is -0.373 e. The molecule has 2 N–H and O–H groups in total. The van der Waals surface area contributed by atoms with Gasteiger partial charge in [-0.05, 0) is 42.5 Å². The van der Waals surface area contributed by atoms with Gasteiger partial charge in [0.05, 0.1) is 6.10 Å². The molecule has 2 heterocycles. The Kier molecular flexibility index (Phi) is 7.20. The molecule has 2 aliphatic heterocycles. The Morgan fingerprint density at radius 2 is 1.90 bits per heavy atom. The van der Waals surface area contributed by atoms with Crippen molar-refractivity contribution in [2.24, 2.45) is 10.9 Å². The van der Waals surface area contributed by atoms with E-state index in [0.29, 0.717) is 18.9 Å². The van der Waals surface area contributed by atoms with E-state index in [9.17, 15) is 4.79 Å². The second kappa shape index (κ2) is 10.4. The van der Waals surface area contributed by atoms with Gasteiger partial charge in [-0.1, -0.05) is 42.5 Å². The number of ether oxygens (including phenoxy) is 1. The number of aliphatic imine (C=N–C) groups is 1. The van der Waals surface area contributed by atoms with E-state index in [-0.39, 0.29) is 12.0 Å². The third kappa shape index (κ3) is 5.44. The molecule has 2 aromatic rings. The standard InChI is InChI=1S/C25H32N4O2/c1-26-25(27-17-19-11-13-22(14-12-19)29-15-5-10-23(29)30)28-18-21-9-6-16-31-24(21)20-7-3-2-4-8-20/h2-4,7-8,11-14,21,24H,5-6,9-10,15-18H2,1H3,(H2,26,27,28). The molecule has 0 bridgehead atoms. The van der Waals surface area contributed by atoms with Crippen LogP contribution < -0.4 is 15.5 Å². The maximum atomic E-state index is 11.9.